The van der Waals surface area contributed by atoms with Gasteiger partial charge in [-0.3, -0.25) is 14.4 Å². The van der Waals surface area contributed by atoms with Gasteiger partial charge in [-0.25, -0.2) is 19.6 Å². The molecule has 0 unspecified atom stereocenters. The number of benzene rings is 1. The number of cyclic esters (lactones) is 1. The van der Waals surface area contributed by atoms with Crippen molar-refractivity contribution in [3.63, 3.8) is 0 Å². The number of ketones is 2. The standard InChI is InChI=1S/C34H39IN4O8/c1-6-34(47-32(43)38-14-7-9-23-10-12-24(13-11-23)30-36-15-8-16-37-30)17-19(2)26(40)21(4)25-28(45-33(44)39-25)29(35)46-31(42)22(5)27(41)20(3)18-34/h6-13,15-16,19-22,25,28-29H,1,14,17-18H2,2-5H3,(H,38,43)(H,39,44)/b9-7+/t19-,20-,21-,22-,25-,28+,29+,34-/m1/s1. The summed E-state index contributed by atoms with van der Waals surface area (Å²) < 4.78 is 15.9. The van der Waals surface area contributed by atoms with Crippen molar-refractivity contribution in [1.29, 1.82) is 0 Å². The van der Waals surface area contributed by atoms with Gasteiger partial charge in [-0.05, 0) is 47.2 Å². The Balaban J connectivity index is 1.49. The molecule has 1 aromatic heterocycles. The number of nitrogens with zero attached hydrogens (tertiary/aromatic N) is 2. The molecule has 47 heavy (non-hydrogen) atoms. The average molecular weight is 759 g/mol. The number of fused-ring (bicyclic) bond motifs is 1. The van der Waals surface area contributed by atoms with Crippen LogP contribution in [-0.2, 0) is 28.6 Å². The number of Topliss-reactive ketones (excluding diaryl/α,β-unsaturated/α-hetero) is 2. The number of carbonyl (C=O) groups excluding carboxylic acids is 5. The van der Waals surface area contributed by atoms with Crippen LogP contribution in [0.15, 0.2) is 61.5 Å². The van der Waals surface area contributed by atoms with E-state index in [2.05, 4.69) is 27.2 Å². The normalized spacial score (nSPS) is 30.4. The summed E-state index contributed by atoms with van der Waals surface area (Å²) in [6.07, 6.45) is 5.93. The van der Waals surface area contributed by atoms with E-state index < -0.39 is 69.5 Å². The van der Waals surface area contributed by atoms with Crippen molar-refractivity contribution in [3.05, 3.63) is 67.0 Å². The van der Waals surface area contributed by atoms with Gasteiger partial charge >= 0.3 is 18.2 Å². The first-order valence-electron chi connectivity index (χ1n) is 15.4. The number of hydrogen-bond acceptors (Lipinski definition) is 10. The van der Waals surface area contributed by atoms with Gasteiger partial charge in [0.1, 0.15) is 23.1 Å². The fourth-order valence-electron chi connectivity index (χ4n) is 5.89. The minimum Gasteiger partial charge on any atom is -0.447 e. The summed E-state index contributed by atoms with van der Waals surface area (Å²) >= 11 is 1.83. The molecule has 4 rings (SSSR count). The molecule has 12 nitrogen and oxygen atoms in total. The van der Waals surface area contributed by atoms with Crippen LogP contribution in [-0.4, -0.2) is 68.1 Å². The van der Waals surface area contributed by atoms with Gasteiger partial charge in [0.25, 0.3) is 0 Å². The summed E-state index contributed by atoms with van der Waals surface area (Å²) in [6.45, 7) is 10.5. The van der Waals surface area contributed by atoms with Crippen molar-refractivity contribution in [2.45, 2.75) is 62.4 Å². The molecular formula is C34H39IN4O8. The van der Waals surface area contributed by atoms with Crippen LogP contribution in [0.4, 0.5) is 9.59 Å². The Hall–Kier alpha value is -4.14. The van der Waals surface area contributed by atoms with Crippen LogP contribution in [0.1, 0.15) is 46.1 Å². The zero-order valence-electron chi connectivity index (χ0n) is 26.7. The Labute approximate surface area is 287 Å². The number of ether oxygens (including phenoxy) is 3. The molecule has 2 aromatic rings. The summed E-state index contributed by atoms with van der Waals surface area (Å²) in [6, 6.07) is 8.58. The second-order valence-electron chi connectivity index (χ2n) is 12.0. The summed E-state index contributed by atoms with van der Waals surface area (Å²) in [4.78, 5) is 73.8. The first-order chi connectivity index (χ1) is 22.3. The van der Waals surface area contributed by atoms with Crippen molar-refractivity contribution in [2.24, 2.45) is 23.7 Å². The molecule has 0 aliphatic carbocycles. The minimum absolute atomic E-state index is 0.0146. The third kappa shape index (κ3) is 8.82. The van der Waals surface area contributed by atoms with Crippen molar-refractivity contribution >= 4 is 58.4 Å². The van der Waals surface area contributed by atoms with Crippen molar-refractivity contribution in [1.82, 2.24) is 20.6 Å². The molecule has 2 aliphatic rings. The van der Waals surface area contributed by atoms with Gasteiger partial charge < -0.3 is 24.8 Å². The summed E-state index contributed by atoms with van der Waals surface area (Å²) in [5.74, 6) is -4.12. The summed E-state index contributed by atoms with van der Waals surface area (Å²) in [7, 11) is 0. The lowest BCUT2D eigenvalue weighted by Gasteiger charge is -2.36. The number of rotatable bonds is 6. The first kappa shape index (κ1) is 35.7. The van der Waals surface area contributed by atoms with Crippen LogP contribution in [0.5, 0.6) is 0 Å². The number of nitrogens with one attached hydrogen (secondary N) is 2. The molecular weight excluding hydrogens is 719 g/mol. The highest BCUT2D eigenvalue weighted by atomic mass is 127. The molecule has 2 N–H and O–H groups in total. The Morgan fingerprint density at radius 2 is 1.68 bits per heavy atom. The van der Waals surface area contributed by atoms with Crippen LogP contribution in [0.25, 0.3) is 17.5 Å². The van der Waals surface area contributed by atoms with Gasteiger partial charge in [0.15, 0.2) is 16.0 Å². The largest absolute Gasteiger partial charge is 0.447 e. The van der Waals surface area contributed by atoms with Crippen molar-refractivity contribution in [2.75, 3.05) is 6.54 Å². The third-order valence-electron chi connectivity index (χ3n) is 8.49. The fourth-order valence-corrected chi connectivity index (χ4v) is 6.73. The number of carbonyl (C=O) groups is 5. The SMILES string of the molecule is C=C[C@]1(OC(=O)NC/C=C/c2ccc(-c3ncccn3)cc2)C[C@@H](C)C(=O)[C@@H](C)C(=O)O[C@H](I)[C@H]2OC(=O)N[C@@H]2[C@@H](C)C(=O)[C@H](C)C1. The number of alkyl carbamates (subject to hydrolysis) is 2. The van der Waals surface area contributed by atoms with Crippen LogP contribution in [0.2, 0.25) is 0 Å². The molecule has 2 amide bonds. The molecule has 2 aliphatic heterocycles. The molecule has 8 atom stereocenters. The first-order valence-corrected chi connectivity index (χ1v) is 16.6. The predicted octanol–water partition coefficient (Wildman–Crippen LogP) is 5.07. The molecule has 0 spiro atoms. The average Bonchev–Trinajstić information content (AvgIpc) is 3.47. The van der Waals surface area contributed by atoms with E-state index in [9.17, 15) is 24.0 Å². The quantitative estimate of drug-likeness (QED) is 0.102. The van der Waals surface area contributed by atoms with E-state index >= 15 is 0 Å². The molecule has 0 bridgehead atoms. The zero-order valence-corrected chi connectivity index (χ0v) is 28.8. The highest BCUT2D eigenvalue weighted by molar-refractivity contribution is 14.1. The zero-order chi connectivity index (χ0) is 34.3. The molecule has 3 heterocycles. The molecule has 13 heteroatoms. The van der Waals surface area contributed by atoms with Crippen LogP contribution in [0.3, 0.4) is 0 Å². The number of esters is 1. The molecule has 1 aromatic carbocycles. The number of halogens is 1. The second kappa shape index (κ2) is 15.6. The highest BCUT2D eigenvalue weighted by Gasteiger charge is 2.48. The monoisotopic (exact) mass is 758 g/mol. The van der Waals surface area contributed by atoms with E-state index in [-0.39, 0.29) is 25.2 Å². The Kier molecular flexibility index (Phi) is 11.9. The van der Waals surface area contributed by atoms with E-state index in [4.69, 9.17) is 14.2 Å². The number of aromatic nitrogens is 2. The highest BCUT2D eigenvalue weighted by Crippen LogP contribution is 2.35. The van der Waals surface area contributed by atoms with Gasteiger partial charge in [-0.1, -0.05) is 63.8 Å². The summed E-state index contributed by atoms with van der Waals surface area (Å²) in [5, 5.41) is 5.35. The van der Waals surface area contributed by atoms with E-state index in [1.165, 1.54) is 13.0 Å². The minimum atomic E-state index is -1.43. The Bertz CT molecular complexity index is 1520. The second-order valence-corrected chi connectivity index (χ2v) is 13.2. The molecule has 2 saturated heterocycles. The smallest absolute Gasteiger partial charge is 0.408 e. The lowest BCUT2D eigenvalue weighted by atomic mass is 9.77. The molecule has 0 radical (unpaired) electrons. The van der Waals surface area contributed by atoms with Gasteiger partial charge in [0.05, 0.1) is 6.04 Å². The lowest BCUT2D eigenvalue weighted by Crippen LogP contribution is -2.49. The van der Waals surface area contributed by atoms with E-state index in [0.717, 1.165) is 11.1 Å². The maximum absolute atomic E-state index is 13.7. The maximum Gasteiger partial charge on any atom is 0.408 e. The van der Waals surface area contributed by atoms with E-state index in [1.807, 2.05) is 52.9 Å². The summed E-state index contributed by atoms with van der Waals surface area (Å²) in [5.41, 5.74) is 0.343. The van der Waals surface area contributed by atoms with Crippen LogP contribution in [0, 0.1) is 23.7 Å². The van der Waals surface area contributed by atoms with E-state index in [1.54, 1.807) is 45.3 Å². The number of hydrogen-bond donors (Lipinski definition) is 2. The van der Waals surface area contributed by atoms with Crippen molar-refractivity contribution < 1.29 is 38.2 Å². The molecule has 0 saturated carbocycles. The fraction of sp³-hybridized carbons (Fsp3) is 0.441. The van der Waals surface area contributed by atoms with E-state index in [0.29, 0.717) is 5.82 Å². The third-order valence-corrected chi connectivity index (χ3v) is 9.45. The molecule has 250 valence electrons. The Morgan fingerprint density at radius 1 is 1.04 bits per heavy atom. The van der Waals surface area contributed by atoms with Gasteiger partial charge in [0.2, 0.25) is 0 Å². The maximum atomic E-state index is 13.7. The van der Waals surface area contributed by atoms with Gasteiger partial charge in [0, 0.05) is 55.1 Å². The predicted molar refractivity (Wildman–Crippen MR) is 181 cm³/mol. The molecule has 2 fully saturated rings. The lowest BCUT2D eigenvalue weighted by molar-refractivity contribution is -0.156. The Morgan fingerprint density at radius 3 is 2.32 bits per heavy atom. The number of amides is 2. The van der Waals surface area contributed by atoms with Crippen molar-refractivity contribution in [3.8, 4) is 11.4 Å². The number of alkyl halides is 1. The van der Waals surface area contributed by atoms with Crippen LogP contribution < -0.4 is 10.6 Å². The van der Waals surface area contributed by atoms with Gasteiger partial charge in [-0.15, -0.1) is 0 Å². The topological polar surface area (TPSA) is 163 Å². The van der Waals surface area contributed by atoms with Gasteiger partial charge in [-0.2, -0.15) is 0 Å². The van der Waals surface area contributed by atoms with Crippen LogP contribution >= 0.6 is 22.6 Å².